The summed E-state index contributed by atoms with van der Waals surface area (Å²) in [5, 5.41) is 2.94. The molecule has 5 nitrogen and oxygen atoms in total. The Bertz CT molecular complexity index is 662. The van der Waals surface area contributed by atoms with Crippen molar-refractivity contribution >= 4 is 23.2 Å². The number of hydrogen-bond acceptors (Lipinski definition) is 4. The maximum Gasteiger partial charge on any atom is 0.274 e. The van der Waals surface area contributed by atoms with Crippen LogP contribution in [0.5, 0.6) is 11.5 Å². The van der Waals surface area contributed by atoms with Crippen LogP contribution in [0.15, 0.2) is 30.5 Å². The predicted molar refractivity (Wildman–Crippen MR) is 76.7 cm³/mol. The lowest BCUT2D eigenvalue weighted by Crippen LogP contribution is -2.14. The number of nitrogens with one attached hydrogen (secondary N) is 1. The highest BCUT2D eigenvalue weighted by molar-refractivity contribution is 6.30. The Morgan fingerprint density at radius 3 is 2.52 bits per heavy atom. The molecule has 2 rings (SSSR count). The maximum absolute atomic E-state index is 13.7. The van der Waals surface area contributed by atoms with Crippen molar-refractivity contribution in [3.8, 4) is 11.5 Å². The van der Waals surface area contributed by atoms with Crippen molar-refractivity contribution in [2.75, 3.05) is 19.5 Å². The fourth-order valence-electron chi connectivity index (χ4n) is 1.65. The fourth-order valence-corrected chi connectivity index (χ4v) is 1.77. The zero-order valence-corrected chi connectivity index (χ0v) is 12.1. The first-order valence-electron chi connectivity index (χ1n) is 5.89. The van der Waals surface area contributed by atoms with Crippen LogP contribution in [0.3, 0.4) is 0 Å². The van der Waals surface area contributed by atoms with E-state index in [4.69, 9.17) is 21.1 Å². The third kappa shape index (κ3) is 3.41. The lowest BCUT2D eigenvalue weighted by atomic mass is 10.2. The van der Waals surface area contributed by atoms with E-state index in [1.54, 1.807) is 0 Å². The minimum absolute atomic E-state index is 0.0227. The number of methoxy groups -OCH3 is 2. The molecule has 0 radical (unpaired) electrons. The number of amides is 1. The first-order chi connectivity index (χ1) is 10.0. The highest BCUT2D eigenvalue weighted by atomic mass is 35.5. The van der Waals surface area contributed by atoms with Crippen molar-refractivity contribution < 1.29 is 18.7 Å². The monoisotopic (exact) mass is 310 g/mol. The molecule has 1 heterocycles. The fraction of sp³-hybridized carbons (Fsp3) is 0.143. The van der Waals surface area contributed by atoms with Gasteiger partial charge in [-0.05, 0) is 12.1 Å². The standard InChI is InChI=1S/C14H12ClFN2O3/c1-20-12-6-13(21-2)11(5-9(12)16)18-14(19)10-4-3-8(15)7-17-10/h3-7H,1-2H3,(H,18,19). The molecule has 0 bridgehead atoms. The smallest absolute Gasteiger partial charge is 0.274 e. The van der Waals surface area contributed by atoms with Crippen LogP contribution in [-0.4, -0.2) is 25.1 Å². The number of carbonyl (C=O) groups is 1. The molecular formula is C14H12ClFN2O3. The molecule has 0 aliphatic heterocycles. The van der Waals surface area contributed by atoms with Gasteiger partial charge in [-0.15, -0.1) is 0 Å². The van der Waals surface area contributed by atoms with Crippen LogP contribution in [0.1, 0.15) is 10.5 Å². The highest BCUT2D eigenvalue weighted by Crippen LogP contribution is 2.32. The molecule has 110 valence electrons. The van der Waals surface area contributed by atoms with Gasteiger partial charge in [-0.3, -0.25) is 4.79 Å². The van der Waals surface area contributed by atoms with E-state index < -0.39 is 11.7 Å². The average molecular weight is 311 g/mol. The number of benzene rings is 1. The van der Waals surface area contributed by atoms with Crippen molar-refractivity contribution in [1.82, 2.24) is 4.98 Å². The van der Waals surface area contributed by atoms with Crippen LogP contribution >= 0.6 is 11.6 Å². The molecule has 1 aromatic heterocycles. The molecule has 7 heteroatoms. The molecular weight excluding hydrogens is 299 g/mol. The van der Waals surface area contributed by atoms with E-state index in [2.05, 4.69) is 10.3 Å². The van der Waals surface area contributed by atoms with E-state index in [-0.39, 0.29) is 22.9 Å². The maximum atomic E-state index is 13.7. The van der Waals surface area contributed by atoms with Gasteiger partial charge in [0.15, 0.2) is 11.6 Å². The Balaban J connectivity index is 2.28. The van der Waals surface area contributed by atoms with Crippen LogP contribution in [0.25, 0.3) is 0 Å². The summed E-state index contributed by atoms with van der Waals surface area (Å²) in [6.07, 6.45) is 1.35. The van der Waals surface area contributed by atoms with E-state index >= 15 is 0 Å². The van der Waals surface area contributed by atoms with Crippen LogP contribution in [-0.2, 0) is 0 Å². The van der Waals surface area contributed by atoms with Crippen molar-refractivity contribution in [2.24, 2.45) is 0 Å². The van der Waals surface area contributed by atoms with Crippen molar-refractivity contribution in [3.05, 3.63) is 47.0 Å². The number of halogens is 2. The topological polar surface area (TPSA) is 60.5 Å². The van der Waals surface area contributed by atoms with Gasteiger partial charge >= 0.3 is 0 Å². The first kappa shape index (κ1) is 15.1. The molecule has 2 aromatic rings. The summed E-state index contributed by atoms with van der Waals surface area (Å²) >= 11 is 5.70. The van der Waals surface area contributed by atoms with Gasteiger partial charge in [-0.1, -0.05) is 11.6 Å². The molecule has 1 aromatic carbocycles. The molecule has 1 amide bonds. The number of pyridine rings is 1. The minimum atomic E-state index is -0.613. The van der Waals surface area contributed by atoms with Gasteiger partial charge in [-0.25, -0.2) is 9.37 Å². The molecule has 1 N–H and O–H groups in total. The Hall–Kier alpha value is -2.34. The lowest BCUT2D eigenvalue weighted by molar-refractivity contribution is 0.102. The Morgan fingerprint density at radius 2 is 1.95 bits per heavy atom. The molecule has 0 atom stereocenters. The Morgan fingerprint density at radius 1 is 1.24 bits per heavy atom. The normalized spacial score (nSPS) is 10.1. The molecule has 21 heavy (non-hydrogen) atoms. The zero-order valence-electron chi connectivity index (χ0n) is 11.3. The predicted octanol–water partition coefficient (Wildman–Crippen LogP) is 3.14. The molecule has 0 saturated carbocycles. The van der Waals surface area contributed by atoms with E-state index in [1.165, 1.54) is 38.6 Å². The molecule has 0 aliphatic carbocycles. The Kier molecular flexibility index (Phi) is 4.59. The second kappa shape index (κ2) is 6.41. The van der Waals surface area contributed by atoms with Crippen molar-refractivity contribution in [1.29, 1.82) is 0 Å². The number of ether oxygens (including phenoxy) is 2. The number of nitrogens with zero attached hydrogens (tertiary/aromatic N) is 1. The van der Waals surface area contributed by atoms with E-state index in [1.807, 2.05) is 0 Å². The SMILES string of the molecule is COc1cc(OC)c(NC(=O)c2ccc(Cl)cn2)cc1F. The number of carbonyl (C=O) groups excluding carboxylic acids is 1. The van der Waals surface area contributed by atoms with Gasteiger partial charge in [0.1, 0.15) is 11.4 Å². The third-order valence-corrected chi connectivity index (χ3v) is 2.91. The van der Waals surface area contributed by atoms with Crippen LogP contribution in [0, 0.1) is 5.82 Å². The highest BCUT2D eigenvalue weighted by Gasteiger charge is 2.15. The summed E-state index contributed by atoms with van der Waals surface area (Å²) in [5.74, 6) is -0.822. The second-order valence-electron chi connectivity index (χ2n) is 4.00. The average Bonchev–Trinajstić information content (AvgIpc) is 2.48. The van der Waals surface area contributed by atoms with Crippen molar-refractivity contribution in [3.63, 3.8) is 0 Å². The lowest BCUT2D eigenvalue weighted by Gasteiger charge is -2.12. The zero-order chi connectivity index (χ0) is 15.4. The summed E-state index contributed by atoms with van der Waals surface area (Å²) in [6.45, 7) is 0. The second-order valence-corrected chi connectivity index (χ2v) is 4.44. The molecule has 0 fully saturated rings. The summed E-state index contributed by atoms with van der Waals surface area (Å²) in [4.78, 5) is 15.9. The Labute approximate surface area is 125 Å². The molecule has 0 aliphatic rings. The van der Waals surface area contributed by atoms with E-state index in [0.29, 0.717) is 5.02 Å². The van der Waals surface area contributed by atoms with Gasteiger partial charge in [0, 0.05) is 18.3 Å². The first-order valence-corrected chi connectivity index (χ1v) is 6.27. The number of anilines is 1. The molecule has 0 saturated heterocycles. The molecule has 0 spiro atoms. The van der Waals surface area contributed by atoms with Gasteiger partial charge in [0.25, 0.3) is 5.91 Å². The summed E-state index contributed by atoms with van der Waals surface area (Å²) < 4.78 is 23.7. The van der Waals surface area contributed by atoms with Crippen LogP contribution < -0.4 is 14.8 Å². The van der Waals surface area contributed by atoms with Crippen LogP contribution in [0.4, 0.5) is 10.1 Å². The molecule has 0 unspecified atom stereocenters. The minimum Gasteiger partial charge on any atom is -0.494 e. The number of aromatic nitrogens is 1. The summed E-state index contributed by atoms with van der Waals surface area (Å²) in [5.41, 5.74) is 0.329. The van der Waals surface area contributed by atoms with Crippen LogP contribution in [0.2, 0.25) is 5.02 Å². The van der Waals surface area contributed by atoms with Gasteiger partial charge in [-0.2, -0.15) is 0 Å². The van der Waals surface area contributed by atoms with E-state index in [9.17, 15) is 9.18 Å². The van der Waals surface area contributed by atoms with Gasteiger partial charge in [0.05, 0.1) is 24.9 Å². The quantitative estimate of drug-likeness (QED) is 0.942. The van der Waals surface area contributed by atoms with E-state index in [0.717, 1.165) is 6.07 Å². The van der Waals surface area contributed by atoms with Crippen molar-refractivity contribution in [2.45, 2.75) is 0 Å². The van der Waals surface area contributed by atoms with Gasteiger partial charge < -0.3 is 14.8 Å². The van der Waals surface area contributed by atoms with Gasteiger partial charge in [0.2, 0.25) is 0 Å². The number of rotatable bonds is 4. The summed E-state index contributed by atoms with van der Waals surface area (Å²) in [7, 11) is 2.75. The summed E-state index contributed by atoms with van der Waals surface area (Å²) in [6, 6.07) is 5.46. The third-order valence-electron chi connectivity index (χ3n) is 2.68. The number of hydrogen-bond donors (Lipinski definition) is 1. The largest absolute Gasteiger partial charge is 0.494 e.